The van der Waals surface area contributed by atoms with E-state index in [1.807, 2.05) is 62.4 Å². The first kappa shape index (κ1) is 20.1. The quantitative estimate of drug-likeness (QED) is 0.604. The molecule has 150 valence electrons. The summed E-state index contributed by atoms with van der Waals surface area (Å²) in [5.74, 6) is 1.77. The molecule has 0 aliphatic rings. The van der Waals surface area contributed by atoms with Crippen molar-refractivity contribution in [3.05, 3.63) is 71.9 Å². The van der Waals surface area contributed by atoms with Crippen molar-refractivity contribution in [2.24, 2.45) is 0 Å². The van der Waals surface area contributed by atoms with Crippen molar-refractivity contribution < 1.29 is 14.3 Å². The third kappa shape index (κ3) is 5.68. The Morgan fingerprint density at radius 3 is 2.41 bits per heavy atom. The summed E-state index contributed by atoms with van der Waals surface area (Å²) in [4.78, 5) is 12.3. The van der Waals surface area contributed by atoms with E-state index < -0.39 is 0 Å². The minimum absolute atomic E-state index is 0.126. The van der Waals surface area contributed by atoms with E-state index in [1.54, 1.807) is 19.2 Å². The van der Waals surface area contributed by atoms with Gasteiger partial charge in [-0.15, -0.1) is 10.2 Å². The first-order chi connectivity index (χ1) is 14.0. The number of rotatable bonds is 8. The lowest BCUT2D eigenvalue weighted by atomic mass is 10.2. The van der Waals surface area contributed by atoms with Gasteiger partial charge >= 0.3 is 0 Å². The summed E-state index contributed by atoms with van der Waals surface area (Å²) in [6.45, 7) is 4.31. The second-order valence-corrected chi connectivity index (χ2v) is 6.61. The summed E-state index contributed by atoms with van der Waals surface area (Å²) >= 11 is 0. The highest BCUT2D eigenvalue weighted by Crippen LogP contribution is 2.20. The third-order valence-electron chi connectivity index (χ3n) is 4.03. The number of benzene rings is 2. The number of carbonyl (C=O) groups is 1. The van der Waals surface area contributed by atoms with Gasteiger partial charge in [-0.1, -0.05) is 18.2 Å². The van der Waals surface area contributed by atoms with Crippen molar-refractivity contribution in [1.29, 1.82) is 0 Å². The van der Waals surface area contributed by atoms with Crippen LogP contribution < -0.4 is 20.1 Å². The molecule has 0 aliphatic heterocycles. The van der Waals surface area contributed by atoms with E-state index in [9.17, 15) is 4.79 Å². The summed E-state index contributed by atoms with van der Waals surface area (Å²) in [6, 6.07) is 18.4. The summed E-state index contributed by atoms with van der Waals surface area (Å²) in [5.41, 5.74) is 1.98. The first-order valence-electron chi connectivity index (χ1n) is 9.32. The molecule has 0 atom stereocenters. The van der Waals surface area contributed by atoms with Gasteiger partial charge in [0.25, 0.3) is 5.91 Å². The Hall–Kier alpha value is -3.61. The fourth-order valence-corrected chi connectivity index (χ4v) is 2.67. The fourth-order valence-electron chi connectivity index (χ4n) is 2.67. The molecule has 0 fully saturated rings. The predicted molar refractivity (Wildman–Crippen MR) is 112 cm³/mol. The monoisotopic (exact) mass is 392 g/mol. The van der Waals surface area contributed by atoms with Crippen LogP contribution in [0.2, 0.25) is 0 Å². The highest BCUT2D eigenvalue weighted by Gasteiger charge is 2.10. The first-order valence-corrected chi connectivity index (χ1v) is 9.32. The van der Waals surface area contributed by atoms with E-state index in [2.05, 4.69) is 20.8 Å². The van der Waals surface area contributed by atoms with Gasteiger partial charge in [0.05, 0.1) is 13.2 Å². The molecular formula is C22H24N4O3. The largest absolute Gasteiger partial charge is 0.496 e. The van der Waals surface area contributed by atoms with Gasteiger partial charge in [0.2, 0.25) is 0 Å². The molecule has 1 aromatic heterocycles. The number of hydrogen-bond donors (Lipinski definition) is 2. The highest BCUT2D eigenvalue weighted by atomic mass is 16.5. The number of aromatic nitrogens is 2. The molecule has 0 radical (unpaired) electrons. The minimum atomic E-state index is -0.301. The lowest BCUT2D eigenvalue weighted by molar-refractivity contribution is 0.0944. The van der Waals surface area contributed by atoms with Crippen LogP contribution in [0.4, 0.5) is 11.5 Å². The molecule has 0 unspecified atom stereocenters. The fraction of sp³-hybridized carbons (Fsp3) is 0.227. The minimum Gasteiger partial charge on any atom is -0.496 e. The number of ether oxygens (including phenoxy) is 2. The Kier molecular flexibility index (Phi) is 6.63. The molecule has 29 heavy (non-hydrogen) atoms. The number of amides is 1. The van der Waals surface area contributed by atoms with Gasteiger partial charge in [0.1, 0.15) is 11.5 Å². The number of para-hydroxylation sites is 1. The molecule has 1 amide bonds. The van der Waals surface area contributed by atoms with E-state index in [1.165, 1.54) is 0 Å². The highest BCUT2D eigenvalue weighted by molar-refractivity contribution is 5.92. The van der Waals surface area contributed by atoms with E-state index >= 15 is 0 Å². The molecule has 3 aromatic rings. The topological polar surface area (TPSA) is 85.4 Å². The maximum atomic E-state index is 12.3. The van der Waals surface area contributed by atoms with Crippen LogP contribution in [0.1, 0.15) is 29.9 Å². The molecule has 2 aromatic carbocycles. The molecule has 0 spiro atoms. The van der Waals surface area contributed by atoms with Gasteiger partial charge in [0, 0.05) is 17.8 Å². The number of anilines is 2. The van der Waals surface area contributed by atoms with Crippen molar-refractivity contribution in [1.82, 2.24) is 15.5 Å². The Labute approximate surface area is 170 Å². The van der Waals surface area contributed by atoms with Crippen LogP contribution in [0.3, 0.4) is 0 Å². The normalized spacial score (nSPS) is 10.5. The number of hydrogen-bond acceptors (Lipinski definition) is 6. The van der Waals surface area contributed by atoms with Crippen LogP contribution in [0.5, 0.6) is 11.5 Å². The molecule has 1 heterocycles. The number of nitrogens with zero attached hydrogens (tertiary/aromatic N) is 2. The van der Waals surface area contributed by atoms with E-state index in [0.717, 1.165) is 22.7 Å². The molecular weight excluding hydrogens is 368 g/mol. The molecule has 0 saturated carbocycles. The molecule has 3 rings (SSSR count). The Bertz CT molecular complexity index is 941. The third-order valence-corrected chi connectivity index (χ3v) is 4.03. The van der Waals surface area contributed by atoms with Crippen LogP contribution >= 0.6 is 0 Å². The van der Waals surface area contributed by atoms with Crippen molar-refractivity contribution >= 4 is 17.4 Å². The zero-order chi connectivity index (χ0) is 20.6. The van der Waals surface area contributed by atoms with Crippen molar-refractivity contribution in [3.63, 3.8) is 0 Å². The SMILES string of the molecule is COc1ccccc1CNC(=O)c1ccc(Nc2ccc(OC(C)C)cc2)nn1. The van der Waals surface area contributed by atoms with E-state index in [0.29, 0.717) is 12.4 Å². The molecule has 0 saturated heterocycles. The predicted octanol–water partition coefficient (Wildman–Crippen LogP) is 3.95. The van der Waals surface area contributed by atoms with Crippen molar-refractivity contribution in [2.75, 3.05) is 12.4 Å². The number of carbonyl (C=O) groups excluding carboxylic acids is 1. The molecule has 0 bridgehead atoms. The van der Waals surface area contributed by atoms with Crippen LogP contribution in [-0.2, 0) is 6.54 Å². The second kappa shape index (κ2) is 9.54. The lowest BCUT2D eigenvalue weighted by Crippen LogP contribution is -2.24. The second-order valence-electron chi connectivity index (χ2n) is 6.61. The summed E-state index contributed by atoms with van der Waals surface area (Å²) in [5, 5.41) is 14.1. The zero-order valence-electron chi connectivity index (χ0n) is 16.7. The van der Waals surface area contributed by atoms with Gasteiger partial charge in [-0.3, -0.25) is 4.79 Å². The lowest BCUT2D eigenvalue weighted by Gasteiger charge is -2.11. The van der Waals surface area contributed by atoms with Crippen LogP contribution in [0, 0.1) is 0 Å². The molecule has 0 aliphatic carbocycles. The number of nitrogens with one attached hydrogen (secondary N) is 2. The van der Waals surface area contributed by atoms with Gasteiger partial charge in [0.15, 0.2) is 11.5 Å². The maximum Gasteiger partial charge on any atom is 0.272 e. The standard InChI is InChI=1S/C22H24N4O3/c1-15(2)29-18-10-8-17(9-11-18)24-21-13-12-19(25-26-21)22(27)23-14-16-6-4-5-7-20(16)28-3/h4-13,15H,14H2,1-3H3,(H,23,27)(H,24,26). The Morgan fingerprint density at radius 1 is 1.00 bits per heavy atom. The van der Waals surface area contributed by atoms with Gasteiger partial charge < -0.3 is 20.1 Å². The van der Waals surface area contributed by atoms with Crippen molar-refractivity contribution in [2.45, 2.75) is 26.5 Å². The van der Waals surface area contributed by atoms with Crippen molar-refractivity contribution in [3.8, 4) is 11.5 Å². The molecule has 2 N–H and O–H groups in total. The summed E-state index contributed by atoms with van der Waals surface area (Å²) < 4.78 is 10.9. The summed E-state index contributed by atoms with van der Waals surface area (Å²) in [6.07, 6.45) is 0.126. The van der Waals surface area contributed by atoms with Crippen LogP contribution in [0.15, 0.2) is 60.7 Å². The summed E-state index contributed by atoms with van der Waals surface area (Å²) in [7, 11) is 1.60. The van der Waals surface area contributed by atoms with E-state index in [4.69, 9.17) is 9.47 Å². The maximum absolute atomic E-state index is 12.3. The van der Waals surface area contributed by atoms with E-state index in [-0.39, 0.29) is 17.7 Å². The van der Waals surface area contributed by atoms with Crippen LogP contribution in [-0.4, -0.2) is 29.3 Å². The smallest absolute Gasteiger partial charge is 0.272 e. The Morgan fingerprint density at radius 2 is 1.76 bits per heavy atom. The van der Waals surface area contributed by atoms with Gasteiger partial charge in [-0.25, -0.2) is 0 Å². The molecule has 7 nitrogen and oxygen atoms in total. The van der Waals surface area contributed by atoms with Gasteiger partial charge in [-0.05, 0) is 56.3 Å². The average Bonchev–Trinajstić information content (AvgIpc) is 2.74. The Balaban J connectivity index is 1.57. The average molecular weight is 392 g/mol. The molecule has 7 heteroatoms. The van der Waals surface area contributed by atoms with Crippen LogP contribution in [0.25, 0.3) is 0 Å². The zero-order valence-corrected chi connectivity index (χ0v) is 16.7. The number of methoxy groups -OCH3 is 1. The van der Waals surface area contributed by atoms with Gasteiger partial charge in [-0.2, -0.15) is 0 Å².